The van der Waals surface area contributed by atoms with Gasteiger partial charge in [-0.2, -0.15) is 0 Å². The molecule has 3 rings (SSSR count). The zero-order valence-corrected chi connectivity index (χ0v) is 11.8. The summed E-state index contributed by atoms with van der Waals surface area (Å²) in [7, 11) is -3.95. The van der Waals surface area contributed by atoms with E-state index in [-0.39, 0.29) is 10.5 Å². The van der Waals surface area contributed by atoms with E-state index in [2.05, 4.69) is 4.72 Å². The molecule has 0 aliphatic carbocycles. The SMILES string of the molecule is O=C1/C(=C/c2c(F)cccc2F)NS(=O)(=O)c2ccccc21. The molecule has 7 heteroatoms. The predicted octanol–water partition coefficient (Wildman–Crippen LogP) is 2.48. The molecule has 2 aromatic rings. The fourth-order valence-electron chi connectivity index (χ4n) is 2.17. The summed E-state index contributed by atoms with van der Waals surface area (Å²) in [6.45, 7) is 0. The van der Waals surface area contributed by atoms with E-state index in [4.69, 9.17) is 0 Å². The van der Waals surface area contributed by atoms with E-state index >= 15 is 0 Å². The van der Waals surface area contributed by atoms with Crippen LogP contribution in [-0.2, 0) is 10.0 Å². The molecule has 1 heterocycles. The lowest BCUT2D eigenvalue weighted by atomic mass is 10.1. The first-order valence-corrected chi connectivity index (χ1v) is 7.71. The van der Waals surface area contributed by atoms with Gasteiger partial charge in [-0.1, -0.05) is 18.2 Å². The molecule has 2 aromatic carbocycles. The van der Waals surface area contributed by atoms with Crippen molar-refractivity contribution in [3.8, 4) is 0 Å². The molecule has 1 N–H and O–H groups in total. The van der Waals surface area contributed by atoms with Gasteiger partial charge in [-0.05, 0) is 30.3 Å². The van der Waals surface area contributed by atoms with Crippen LogP contribution >= 0.6 is 0 Å². The third kappa shape index (κ3) is 2.29. The number of sulfonamides is 1. The van der Waals surface area contributed by atoms with Gasteiger partial charge < -0.3 is 0 Å². The molecule has 0 amide bonds. The molecular weight excluding hydrogens is 312 g/mol. The Bertz CT molecular complexity index is 900. The van der Waals surface area contributed by atoms with Gasteiger partial charge >= 0.3 is 0 Å². The van der Waals surface area contributed by atoms with E-state index < -0.39 is 38.7 Å². The predicted molar refractivity (Wildman–Crippen MR) is 75.4 cm³/mol. The summed E-state index contributed by atoms with van der Waals surface area (Å²) in [5.74, 6) is -2.43. The van der Waals surface area contributed by atoms with E-state index in [1.54, 1.807) is 0 Å². The van der Waals surface area contributed by atoms with Gasteiger partial charge in [-0.3, -0.25) is 9.52 Å². The molecule has 1 aliphatic heterocycles. The van der Waals surface area contributed by atoms with Crippen LogP contribution in [0.25, 0.3) is 6.08 Å². The highest BCUT2D eigenvalue weighted by Gasteiger charge is 2.32. The summed E-state index contributed by atoms with van der Waals surface area (Å²) < 4.78 is 53.5. The second-order valence-corrected chi connectivity index (χ2v) is 6.27. The minimum Gasteiger partial charge on any atom is -0.287 e. The molecule has 22 heavy (non-hydrogen) atoms. The second-order valence-electron chi connectivity index (χ2n) is 4.62. The van der Waals surface area contributed by atoms with Gasteiger partial charge in [0.15, 0.2) is 0 Å². The van der Waals surface area contributed by atoms with Crippen molar-refractivity contribution >= 4 is 21.9 Å². The van der Waals surface area contributed by atoms with Gasteiger partial charge in [-0.15, -0.1) is 0 Å². The number of fused-ring (bicyclic) bond motifs is 1. The second kappa shape index (κ2) is 5.03. The van der Waals surface area contributed by atoms with Crippen LogP contribution in [0.4, 0.5) is 8.78 Å². The third-order valence-electron chi connectivity index (χ3n) is 3.20. The highest BCUT2D eigenvalue weighted by Crippen LogP contribution is 2.26. The van der Waals surface area contributed by atoms with Crippen molar-refractivity contribution in [1.82, 2.24) is 4.72 Å². The van der Waals surface area contributed by atoms with Crippen LogP contribution in [-0.4, -0.2) is 14.2 Å². The number of hydrogen-bond donors (Lipinski definition) is 1. The quantitative estimate of drug-likeness (QED) is 0.821. The number of nitrogens with one attached hydrogen (secondary N) is 1. The Hall–Kier alpha value is -2.54. The number of carbonyl (C=O) groups excluding carboxylic acids is 1. The minimum atomic E-state index is -3.95. The summed E-state index contributed by atoms with van der Waals surface area (Å²) in [5, 5.41) is 0. The van der Waals surface area contributed by atoms with Crippen LogP contribution in [0.5, 0.6) is 0 Å². The first-order valence-electron chi connectivity index (χ1n) is 6.22. The van der Waals surface area contributed by atoms with Gasteiger partial charge in [0.25, 0.3) is 10.0 Å². The summed E-state index contributed by atoms with van der Waals surface area (Å²) in [6.07, 6.45) is 0.862. The maximum atomic E-state index is 13.6. The molecule has 1 aliphatic rings. The lowest BCUT2D eigenvalue weighted by Crippen LogP contribution is -2.34. The summed E-state index contributed by atoms with van der Waals surface area (Å²) in [6, 6.07) is 8.85. The highest BCUT2D eigenvalue weighted by molar-refractivity contribution is 7.90. The van der Waals surface area contributed by atoms with Crippen LogP contribution in [0.15, 0.2) is 53.1 Å². The molecule has 0 saturated carbocycles. The monoisotopic (exact) mass is 321 g/mol. The molecule has 0 radical (unpaired) electrons. The summed E-state index contributed by atoms with van der Waals surface area (Å²) in [4.78, 5) is 12.1. The molecule has 0 saturated heterocycles. The molecule has 4 nitrogen and oxygen atoms in total. The van der Waals surface area contributed by atoms with E-state index in [0.717, 1.165) is 18.2 Å². The molecule has 0 atom stereocenters. The third-order valence-corrected chi connectivity index (χ3v) is 4.62. The number of halogens is 2. The van der Waals surface area contributed by atoms with Crippen molar-refractivity contribution in [3.63, 3.8) is 0 Å². The van der Waals surface area contributed by atoms with Crippen molar-refractivity contribution in [2.75, 3.05) is 0 Å². The van der Waals surface area contributed by atoms with Crippen LogP contribution in [0.1, 0.15) is 15.9 Å². The Balaban J connectivity index is 2.19. The number of benzene rings is 2. The number of Topliss-reactive ketones (excluding diaryl/α,β-unsaturated/α-hetero) is 1. The largest absolute Gasteiger partial charge is 0.287 e. The zero-order chi connectivity index (χ0) is 15.9. The molecule has 0 fully saturated rings. The van der Waals surface area contributed by atoms with Crippen molar-refractivity contribution in [3.05, 3.63) is 70.9 Å². The number of ketones is 1. The highest BCUT2D eigenvalue weighted by atomic mass is 32.2. The van der Waals surface area contributed by atoms with E-state index in [9.17, 15) is 22.0 Å². The van der Waals surface area contributed by atoms with Crippen molar-refractivity contribution in [1.29, 1.82) is 0 Å². The van der Waals surface area contributed by atoms with Crippen LogP contribution in [0, 0.1) is 11.6 Å². The average Bonchev–Trinajstić information content (AvgIpc) is 2.48. The number of allylic oxidation sites excluding steroid dienone is 1. The fraction of sp³-hybridized carbons (Fsp3) is 0. The van der Waals surface area contributed by atoms with Crippen molar-refractivity contribution in [2.24, 2.45) is 0 Å². The average molecular weight is 321 g/mol. The zero-order valence-electron chi connectivity index (χ0n) is 11.0. The van der Waals surface area contributed by atoms with Gasteiger partial charge in [-0.25, -0.2) is 17.2 Å². The Morgan fingerprint density at radius 1 is 0.955 bits per heavy atom. The molecule has 0 spiro atoms. The lowest BCUT2D eigenvalue weighted by molar-refractivity contribution is 0.102. The molecule has 0 unspecified atom stereocenters. The van der Waals surface area contributed by atoms with Crippen molar-refractivity contribution < 1.29 is 22.0 Å². The van der Waals surface area contributed by atoms with Crippen LogP contribution < -0.4 is 4.72 Å². The van der Waals surface area contributed by atoms with E-state index in [0.29, 0.717) is 0 Å². The van der Waals surface area contributed by atoms with Gasteiger partial charge in [0.1, 0.15) is 11.6 Å². The maximum absolute atomic E-state index is 13.6. The lowest BCUT2D eigenvalue weighted by Gasteiger charge is -2.19. The van der Waals surface area contributed by atoms with Crippen LogP contribution in [0.2, 0.25) is 0 Å². The molecule has 0 aromatic heterocycles. The first kappa shape index (κ1) is 14.4. The first-order chi connectivity index (χ1) is 10.4. The summed E-state index contributed by atoms with van der Waals surface area (Å²) >= 11 is 0. The van der Waals surface area contributed by atoms with Gasteiger partial charge in [0, 0.05) is 11.1 Å². The standard InChI is InChI=1S/C15H9F2NO3S/c16-11-5-3-6-12(17)10(11)8-13-15(19)9-4-1-2-7-14(9)22(20,21)18-13/h1-8,18H/b13-8-. The smallest absolute Gasteiger partial charge is 0.262 e. The maximum Gasteiger partial charge on any atom is 0.262 e. The van der Waals surface area contributed by atoms with Crippen molar-refractivity contribution in [2.45, 2.75) is 4.90 Å². The Morgan fingerprint density at radius 3 is 2.27 bits per heavy atom. The number of hydrogen-bond acceptors (Lipinski definition) is 3. The topological polar surface area (TPSA) is 63.2 Å². The Kier molecular flexibility index (Phi) is 3.29. The van der Waals surface area contributed by atoms with E-state index in [1.165, 1.54) is 30.3 Å². The van der Waals surface area contributed by atoms with E-state index in [1.807, 2.05) is 0 Å². The number of carbonyl (C=O) groups is 1. The minimum absolute atomic E-state index is 0.0377. The molecule has 112 valence electrons. The van der Waals surface area contributed by atoms with Crippen LogP contribution in [0.3, 0.4) is 0 Å². The normalized spacial score (nSPS) is 17.9. The molecule has 0 bridgehead atoms. The van der Waals surface area contributed by atoms with Gasteiger partial charge in [0.2, 0.25) is 5.78 Å². The molecular formula is C15H9F2NO3S. The summed E-state index contributed by atoms with van der Waals surface area (Å²) in [5.41, 5.74) is -0.917. The Morgan fingerprint density at radius 2 is 1.59 bits per heavy atom. The Labute approximate surface area is 125 Å². The van der Waals surface area contributed by atoms with Gasteiger partial charge in [0.05, 0.1) is 10.6 Å². The number of rotatable bonds is 1. The fourth-order valence-corrected chi connectivity index (χ4v) is 3.43.